The number of aromatic nitrogens is 2. The van der Waals surface area contributed by atoms with Crippen LogP contribution >= 0.6 is 11.8 Å². The zero-order valence-corrected chi connectivity index (χ0v) is 8.34. The van der Waals surface area contributed by atoms with E-state index in [4.69, 9.17) is 5.73 Å². The van der Waals surface area contributed by atoms with Crippen LogP contribution in [0.2, 0.25) is 0 Å². The van der Waals surface area contributed by atoms with Crippen LogP contribution in [0.15, 0.2) is 17.6 Å². The predicted octanol–water partition coefficient (Wildman–Crippen LogP) is 1.25. The maximum absolute atomic E-state index is 5.78. The van der Waals surface area contributed by atoms with Crippen LogP contribution in [0.4, 0.5) is 0 Å². The average molecular weight is 185 g/mol. The molecule has 68 valence electrons. The third-order valence-corrected chi connectivity index (χ3v) is 2.97. The number of thioether (sulfide) groups is 1. The fraction of sp³-hybridized carbons (Fsp3) is 0.625. The van der Waals surface area contributed by atoms with Gasteiger partial charge in [0, 0.05) is 31.2 Å². The zero-order valence-electron chi connectivity index (χ0n) is 7.53. The molecule has 0 saturated heterocycles. The average Bonchev–Trinajstić information content (AvgIpc) is 2.47. The smallest absolute Gasteiger partial charge is 0.167 e. The molecule has 0 aliphatic heterocycles. The van der Waals surface area contributed by atoms with Crippen LogP contribution in [-0.4, -0.2) is 21.3 Å². The molecule has 0 radical (unpaired) electrons. The summed E-state index contributed by atoms with van der Waals surface area (Å²) < 4.78 is 2.01. The van der Waals surface area contributed by atoms with Crippen molar-refractivity contribution < 1.29 is 0 Å². The van der Waals surface area contributed by atoms with Gasteiger partial charge in [-0.15, -0.1) is 0 Å². The second-order valence-electron chi connectivity index (χ2n) is 2.80. The first-order chi connectivity index (χ1) is 5.74. The van der Waals surface area contributed by atoms with Gasteiger partial charge in [0.2, 0.25) is 0 Å². The predicted molar refractivity (Wildman–Crippen MR) is 52.2 cm³/mol. The minimum absolute atomic E-state index is 0.284. The first kappa shape index (κ1) is 9.61. The van der Waals surface area contributed by atoms with E-state index in [9.17, 15) is 0 Å². The maximum Gasteiger partial charge on any atom is 0.167 e. The summed E-state index contributed by atoms with van der Waals surface area (Å²) in [6, 6.07) is 0.284. The Morgan fingerprint density at radius 2 is 2.50 bits per heavy atom. The van der Waals surface area contributed by atoms with E-state index < -0.39 is 0 Å². The Kier molecular flexibility index (Phi) is 3.62. The lowest BCUT2D eigenvalue weighted by atomic mass is 10.3. The van der Waals surface area contributed by atoms with Crippen molar-refractivity contribution in [3.63, 3.8) is 0 Å². The van der Waals surface area contributed by atoms with Gasteiger partial charge < -0.3 is 10.3 Å². The Morgan fingerprint density at radius 1 is 1.75 bits per heavy atom. The molecule has 0 fully saturated rings. The molecule has 0 bridgehead atoms. The van der Waals surface area contributed by atoms with E-state index in [-0.39, 0.29) is 6.04 Å². The summed E-state index contributed by atoms with van der Waals surface area (Å²) in [5, 5.41) is 1.04. The molecule has 0 aliphatic carbocycles. The number of rotatable bonds is 4. The maximum atomic E-state index is 5.78. The van der Waals surface area contributed by atoms with Gasteiger partial charge in [0.25, 0.3) is 0 Å². The molecule has 1 unspecified atom stereocenters. The highest BCUT2D eigenvalue weighted by Crippen LogP contribution is 2.15. The molecule has 0 aliphatic rings. The first-order valence-corrected chi connectivity index (χ1v) is 5.08. The van der Waals surface area contributed by atoms with Gasteiger partial charge in [0.05, 0.1) is 0 Å². The van der Waals surface area contributed by atoms with Crippen LogP contribution in [0, 0.1) is 0 Å². The molecule has 12 heavy (non-hydrogen) atoms. The number of hydrogen-bond donors (Lipinski definition) is 1. The molecule has 1 aromatic rings. The van der Waals surface area contributed by atoms with Crippen molar-refractivity contribution in [3.05, 3.63) is 12.4 Å². The van der Waals surface area contributed by atoms with Crippen molar-refractivity contribution >= 4 is 11.8 Å². The topological polar surface area (TPSA) is 43.8 Å². The Morgan fingerprint density at radius 3 is 3.00 bits per heavy atom. The summed E-state index contributed by atoms with van der Waals surface area (Å²) in [5.74, 6) is 0.946. The molecule has 3 nitrogen and oxygen atoms in total. The van der Waals surface area contributed by atoms with E-state index in [1.165, 1.54) is 0 Å². The lowest BCUT2D eigenvalue weighted by Gasteiger charge is -2.06. The van der Waals surface area contributed by atoms with Crippen LogP contribution in [-0.2, 0) is 7.05 Å². The van der Waals surface area contributed by atoms with Crippen molar-refractivity contribution in [2.24, 2.45) is 12.8 Å². The molecule has 0 aromatic carbocycles. The Bertz CT molecular complexity index is 234. The Balaban J connectivity index is 2.38. The highest BCUT2D eigenvalue weighted by molar-refractivity contribution is 7.99. The highest BCUT2D eigenvalue weighted by atomic mass is 32.2. The summed E-state index contributed by atoms with van der Waals surface area (Å²) in [5.41, 5.74) is 5.78. The summed E-state index contributed by atoms with van der Waals surface area (Å²) in [6.07, 6.45) is 4.77. The monoisotopic (exact) mass is 185 g/mol. The third-order valence-electron chi connectivity index (χ3n) is 1.73. The zero-order chi connectivity index (χ0) is 8.97. The number of nitrogens with two attached hydrogens (primary N) is 1. The van der Waals surface area contributed by atoms with Crippen LogP contribution < -0.4 is 5.73 Å². The molecule has 0 saturated carbocycles. The minimum Gasteiger partial charge on any atom is -0.329 e. The first-order valence-electron chi connectivity index (χ1n) is 4.09. The largest absolute Gasteiger partial charge is 0.329 e. The van der Waals surface area contributed by atoms with E-state index in [1.807, 2.05) is 17.8 Å². The minimum atomic E-state index is 0.284. The summed E-state index contributed by atoms with van der Waals surface area (Å²) >= 11 is 1.71. The summed E-state index contributed by atoms with van der Waals surface area (Å²) in [4.78, 5) is 4.19. The number of hydrogen-bond acceptors (Lipinski definition) is 3. The molecule has 0 amide bonds. The van der Waals surface area contributed by atoms with Crippen LogP contribution in [0.1, 0.15) is 13.3 Å². The molecule has 1 aromatic heterocycles. The van der Waals surface area contributed by atoms with Crippen molar-refractivity contribution in [2.75, 3.05) is 5.75 Å². The van der Waals surface area contributed by atoms with Crippen molar-refractivity contribution in [2.45, 2.75) is 24.5 Å². The lowest BCUT2D eigenvalue weighted by Crippen LogP contribution is -2.21. The van der Waals surface area contributed by atoms with E-state index in [0.29, 0.717) is 0 Å². The fourth-order valence-corrected chi connectivity index (χ4v) is 1.79. The molecule has 4 heteroatoms. The van der Waals surface area contributed by atoms with Gasteiger partial charge in [-0.05, 0) is 6.42 Å². The molecular weight excluding hydrogens is 170 g/mol. The van der Waals surface area contributed by atoms with E-state index in [0.717, 1.165) is 17.3 Å². The van der Waals surface area contributed by atoms with Gasteiger partial charge in [-0.1, -0.05) is 18.7 Å². The van der Waals surface area contributed by atoms with Crippen LogP contribution in [0.3, 0.4) is 0 Å². The SMILES string of the molecule is CCC(N)CSc1nccn1C. The summed E-state index contributed by atoms with van der Waals surface area (Å²) in [7, 11) is 1.99. The standard InChI is InChI=1S/C8H15N3S/c1-3-7(9)6-12-8-10-4-5-11(8)2/h4-5,7H,3,6,9H2,1-2H3. The normalized spacial score (nSPS) is 13.2. The van der Waals surface area contributed by atoms with Crippen LogP contribution in [0.25, 0.3) is 0 Å². The second kappa shape index (κ2) is 4.52. The van der Waals surface area contributed by atoms with Crippen molar-refractivity contribution in [1.29, 1.82) is 0 Å². The quantitative estimate of drug-likeness (QED) is 0.718. The molecule has 1 rings (SSSR count). The Labute approximate surface area is 77.4 Å². The van der Waals surface area contributed by atoms with Crippen LogP contribution in [0.5, 0.6) is 0 Å². The molecule has 1 heterocycles. The number of imidazole rings is 1. The number of nitrogens with zero attached hydrogens (tertiary/aromatic N) is 2. The van der Waals surface area contributed by atoms with Crippen molar-refractivity contribution in [3.8, 4) is 0 Å². The lowest BCUT2D eigenvalue weighted by molar-refractivity contribution is 0.719. The van der Waals surface area contributed by atoms with Gasteiger partial charge in [-0.2, -0.15) is 0 Å². The van der Waals surface area contributed by atoms with E-state index >= 15 is 0 Å². The molecule has 1 atom stereocenters. The molecular formula is C8H15N3S. The van der Waals surface area contributed by atoms with Gasteiger partial charge in [-0.25, -0.2) is 4.98 Å². The van der Waals surface area contributed by atoms with E-state index in [2.05, 4.69) is 11.9 Å². The molecule has 0 spiro atoms. The van der Waals surface area contributed by atoms with Gasteiger partial charge in [-0.3, -0.25) is 0 Å². The second-order valence-corrected chi connectivity index (χ2v) is 3.79. The van der Waals surface area contributed by atoms with Crippen molar-refractivity contribution in [1.82, 2.24) is 9.55 Å². The highest BCUT2D eigenvalue weighted by Gasteiger charge is 2.03. The van der Waals surface area contributed by atoms with Gasteiger partial charge >= 0.3 is 0 Å². The fourth-order valence-electron chi connectivity index (χ4n) is 0.790. The Hall–Kier alpha value is -0.480. The summed E-state index contributed by atoms with van der Waals surface area (Å²) in [6.45, 7) is 2.10. The van der Waals surface area contributed by atoms with Gasteiger partial charge in [0.1, 0.15) is 0 Å². The van der Waals surface area contributed by atoms with Gasteiger partial charge in [0.15, 0.2) is 5.16 Å². The molecule has 2 N–H and O–H groups in total. The van der Waals surface area contributed by atoms with E-state index in [1.54, 1.807) is 18.0 Å². The number of aryl methyl sites for hydroxylation is 1. The third kappa shape index (κ3) is 2.53.